The lowest BCUT2D eigenvalue weighted by Crippen LogP contribution is -2.01. The van der Waals surface area contributed by atoms with Gasteiger partial charge in [-0.05, 0) is 55.0 Å². The number of hydrogen-bond donors (Lipinski definition) is 0. The molecule has 0 atom stereocenters. The molecule has 1 aliphatic carbocycles. The number of rotatable bonds is 3. The number of benzene rings is 1. The second-order valence-electron chi connectivity index (χ2n) is 5.35. The summed E-state index contributed by atoms with van der Waals surface area (Å²) in [5.41, 5.74) is 2.51. The van der Waals surface area contributed by atoms with Gasteiger partial charge in [-0.25, -0.2) is 0 Å². The molecule has 0 amide bonds. The first kappa shape index (κ1) is 14.0. The van der Waals surface area contributed by atoms with Crippen molar-refractivity contribution >= 4 is 33.0 Å². The summed E-state index contributed by atoms with van der Waals surface area (Å²) in [6, 6.07) is 10.2. The van der Waals surface area contributed by atoms with Crippen molar-refractivity contribution in [1.82, 2.24) is 0 Å². The normalized spacial score (nSPS) is 14.7. The van der Waals surface area contributed by atoms with Gasteiger partial charge in [0.15, 0.2) is 5.78 Å². The topological polar surface area (TPSA) is 17.1 Å². The molecule has 3 heteroatoms. The molecular formula is C17H17BrOS. The zero-order chi connectivity index (χ0) is 13.9. The summed E-state index contributed by atoms with van der Waals surface area (Å²) >= 11 is 5.14. The highest BCUT2D eigenvalue weighted by Gasteiger charge is 2.16. The Morgan fingerprint density at radius 2 is 1.85 bits per heavy atom. The number of halogens is 1. The number of carbonyl (C=O) groups excluding carboxylic acids is 1. The van der Waals surface area contributed by atoms with E-state index in [1.54, 1.807) is 11.3 Å². The highest BCUT2D eigenvalue weighted by Crippen LogP contribution is 2.29. The summed E-state index contributed by atoms with van der Waals surface area (Å²) in [6.07, 6.45) is 6.68. The number of ketones is 1. The van der Waals surface area contributed by atoms with Crippen LogP contribution < -0.4 is 0 Å². The van der Waals surface area contributed by atoms with Crippen LogP contribution in [0.15, 0.2) is 34.8 Å². The molecule has 1 nitrogen and oxygen atoms in total. The fourth-order valence-corrected chi connectivity index (χ4v) is 4.14. The molecule has 0 aliphatic heterocycles. The maximum atomic E-state index is 12.4. The standard InChI is InChI=1S/C17H17BrOS/c18-14-8-6-12(7-9-14)10-15(19)17-11-13-4-2-1-3-5-16(13)20-17/h6-9,11H,1-5,10H2. The Labute approximate surface area is 132 Å². The molecule has 0 bridgehead atoms. The van der Waals surface area contributed by atoms with E-state index in [0.717, 1.165) is 27.8 Å². The third-order valence-electron chi connectivity index (χ3n) is 3.80. The van der Waals surface area contributed by atoms with Gasteiger partial charge in [0, 0.05) is 15.8 Å². The second-order valence-corrected chi connectivity index (χ2v) is 7.40. The quantitative estimate of drug-likeness (QED) is 0.549. The number of Topliss-reactive ketones (excluding diaryl/α,β-unsaturated/α-hetero) is 1. The van der Waals surface area contributed by atoms with Gasteiger partial charge in [-0.3, -0.25) is 4.79 Å². The Morgan fingerprint density at radius 1 is 1.10 bits per heavy atom. The predicted octanol–water partition coefficient (Wildman–Crippen LogP) is 5.20. The van der Waals surface area contributed by atoms with E-state index >= 15 is 0 Å². The smallest absolute Gasteiger partial charge is 0.177 e. The van der Waals surface area contributed by atoms with E-state index in [0.29, 0.717) is 6.42 Å². The van der Waals surface area contributed by atoms with Crippen molar-refractivity contribution in [2.45, 2.75) is 38.5 Å². The predicted molar refractivity (Wildman–Crippen MR) is 87.8 cm³/mol. The lowest BCUT2D eigenvalue weighted by Gasteiger charge is -2.00. The van der Waals surface area contributed by atoms with Crippen molar-refractivity contribution in [2.75, 3.05) is 0 Å². The third kappa shape index (κ3) is 3.21. The van der Waals surface area contributed by atoms with Crippen LogP contribution in [0.4, 0.5) is 0 Å². The summed E-state index contributed by atoms with van der Waals surface area (Å²) in [4.78, 5) is 14.8. The Morgan fingerprint density at radius 3 is 2.65 bits per heavy atom. The fraction of sp³-hybridized carbons (Fsp3) is 0.353. The van der Waals surface area contributed by atoms with Crippen molar-refractivity contribution in [1.29, 1.82) is 0 Å². The van der Waals surface area contributed by atoms with Crippen LogP contribution in [0.2, 0.25) is 0 Å². The van der Waals surface area contributed by atoms with Gasteiger partial charge in [0.1, 0.15) is 0 Å². The lowest BCUT2D eigenvalue weighted by molar-refractivity contribution is 0.0997. The van der Waals surface area contributed by atoms with Gasteiger partial charge in [-0.1, -0.05) is 34.5 Å². The van der Waals surface area contributed by atoms with E-state index < -0.39 is 0 Å². The molecule has 1 aromatic heterocycles. The van der Waals surface area contributed by atoms with Gasteiger partial charge in [0.25, 0.3) is 0 Å². The molecule has 3 rings (SSSR count). The Balaban J connectivity index is 1.75. The van der Waals surface area contributed by atoms with Gasteiger partial charge in [0.05, 0.1) is 4.88 Å². The van der Waals surface area contributed by atoms with Crippen LogP contribution in [0.3, 0.4) is 0 Å². The van der Waals surface area contributed by atoms with Crippen molar-refractivity contribution < 1.29 is 4.79 Å². The van der Waals surface area contributed by atoms with E-state index in [4.69, 9.17) is 0 Å². The van der Waals surface area contributed by atoms with E-state index in [1.807, 2.05) is 24.3 Å². The van der Waals surface area contributed by atoms with Crippen LogP contribution in [0, 0.1) is 0 Å². The van der Waals surface area contributed by atoms with E-state index in [9.17, 15) is 4.79 Å². The summed E-state index contributed by atoms with van der Waals surface area (Å²) < 4.78 is 1.05. The SMILES string of the molecule is O=C(Cc1ccc(Br)cc1)c1cc2c(s1)CCCCC2. The molecule has 0 unspecified atom stereocenters. The first-order chi connectivity index (χ1) is 9.72. The van der Waals surface area contributed by atoms with Gasteiger partial charge in [0.2, 0.25) is 0 Å². The summed E-state index contributed by atoms with van der Waals surface area (Å²) in [5.74, 6) is 0.255. The monoisotopic (exact) mass is 348 g/mol. The van der Waals surface area contributed by atoms with Gasteiger partial charge < -0.3 is 0 Å². The molecule has 0 fully saturated rings. The van der Waals surface area contributed by atoms with Crippen molar-refractivity contribution in [3.63, 3.8) is 0 Å². The van der Waals surface area contributed by atoms with Gasteiger partial charge >= 0.3 is 0 Å². The minimum Gasteiger partial charge on any atom is -0.293 e. The number of carbonyl (C=O) groups is 1. The minimum absolute atomic E-state index is 0.255. The molecular weight excluding hydrogens is 332 g/mol. The molecule has 1 aliphatic rings. The Kier molecular flexibility index (Phi) is 4.37. The molecule has 1 heterocycles. The van der Waals surface area contributed by atoms with Crippen LogP contribution in [0.1, 0.15) is 44.9 Å². The molecule has 0 saturated heterocycles. The van der Waals surface area contributed by atoms with Gasteiger partial charge in [-0.15, -0.1) is 11.3 Å². The van der Waals surface area contributed by atoms with Crippen molar-refractivity contribution in [2.24, 2.45) is 0 Å². The van der Waals surface area contributed by atoms with E-state index in [1.165, 1.54) is 29.7 Å². The van der Waals surface area contributed by atoms with E-state index in [2.05, 4.69) is 22.0 Å². The summed E-state index contributed by atoms with van der Waals surface area (Å²) in [6.45, 7) is 0. The Bertz CT molecular complexity index is 589. The summed E-state index contributed by atoms with van der Waals surface area (Å²) in [7, 11) is 0. The van der Waals surface area contributed by atoms with Crippen LogP contribution in [-0.4, -0.2) is 5.78 Å². The largest absolute Gasteiger partial charge is 0.293 e. The van der Waals surface area contributed by atoms with Crippen LogP contribution >= 0.6 is 27.3 Å². The van der Waals surface area contributed by atoms with Crippen molar-refractivity contribution in [3.05, 3.63) is 55.7 Å². The molecule has 2 aromatic rings. The minimum atomic E-state index is 0.255. The average molecular weight is 349 g/mol. The molecule has 1 aromatic carbocycles. The zero-order valence-corrected chi connectivity index (χ0v) is 13.7. The number of hydrogen-bond acceptors (Lipinski definition) is 2. The zero-order valence-electron chi connectivity index (χ0n) is 11.3. The third-order valence-corrected chi connectivity index (χ3v) is 5.61. The molecule has 0 radical (unpaired) electrons. The molecule has 0 saturated carbocycles. The average Bonchev–Trinajstić information content (AvgIpc) is 2.73. The lowest BCUT2D eigenvalue weighted by atomic mass is 10.1. The maximum Gasteiger partial charge on any atom is 0.177 e. The number of aryl methyl sites for hydroxylation is 2. The van der Waals surface area contributed by atoms with Crippen LogP contribution in [-0.2, 0) is 19.3 Å². The first-order valence-corrected chi connectivity index (χ1v) is 8.72. The summed E-state index contributed by atoms with van der Waals surface area (Å²) in [5, 5.41) is 0. The maximum absolute atomic E-state index is 12.4. The van der Waals surface area contributed by atoms with E-state index in [-0.39, 0.29) is 5.78 Å². The molecule has 20 heavy (non-hydrogen) atoms. The molecule has 104 valence electrons. The van der Waals surface area contributed by atoms with Crippen LogP contribution in [0.5, 0.6) is 0 Å². The number of fused-ring (bicyclic) bond motifs is 1. The molecule has 0 N–H and O–H groups in total. The first-order valence-electron chi connectivity index (χ1n) is 7.11. The fourth-order valence-electron chi connectivity index (χ4n) is 2.68. The highest BCUT2D eigenvalue weighted by atomic mass is 79.9. The second kappa shape index (κ2) is 6.23. The Hall–Kier alpha value is -0.930. The highest BCUT2D eigenvalue weighted by molar-refractivity contribution is 9.10. The van der Waals surface area contributed by atoms with Gasteiger partial charge in [-0.2, -0.15) is 0 Å². The van der Waals surface area contributed by atoms with Crippen LogP contribution in [0.25, 0.3) is 0 Å². The number of thiophene rings is 1. The molecule has 0 spiro atoms. The van der Waals surface area contributed by atoms with Crippen molar-refractivity contribution in [3.8, 4) is 0 Å².